The quantitative estimate of drug-likeness (QED) is 0.425. The van der Waals surface area contributed by atoms with Gasteiger partial charge in [-0.1, -0.05) is 54.6 Å². The number of hydrogen-bond donors (Lipinski definition) is 1. The standard InChI is InChI=1S/C30H37N3O4S/c1-22-17-18-26(19-23(22)2)33(38(36,37)27-15-11-8-12-16-27)21-28(34)32(20-25-13-9-7-10-14-25)24(3)29(35)31-30(4,5)6/h7-19,24H,20-21H2,1-6H3,(H,31,35)/t24-/m1/s1. The second-order valence-corrected chi connectivity index (χ2v) is 12.4. The van der Waals surface area contributed by atoms with E-state index in [1.165, 1.54) is 17.0 Å². The van der Waals surface area contributed by atoms with E-state index in [2.05, 4.69) is 5.32 Å². The van der Waals surface area contributed by atoms with E-state index in [-0.39, 0.29) is 17.3 Å². The van der Waals surface area contributed by atoms with Gasteiger partial charge in [-0.15, -0.1) is 0 Å². The van der Waals surface area contributed by atoms with Crippen molar-refractivity contribution in [3.63, 3.8) is 0 Å². The molecule has 0 fully saturated rings. The predicted molar refractivity (Wildman–Crippen MR) is 151 cm³/mol. The maximum absolute atomic E-state index is 13.9. The molecule has 0 radical (unpaired) electrons. The van der Waals surface area contributed by atoms with Gasteiger partial charge in [0.25, 0.3) is 10.0 Å². The van der Waals surface area contributed by atoms with Crippen LogP contribution in [0.4, 0.5) is 5.69 Å². The lowest BCUT2D eigenvalue weighted by Gasteiger charge is -2.33. The molecule has 0 saturated heterocycles. The van der Waals surface area contributed by atoms with Gasteiger partial charge in [0, 0.05) is 12.1 Å². The number of rotatable bonds is 9. The fraction of sp³-hybridized carbons (Fsp3) is 0.333. The number of carbonyl (C=O) groups is 2. The summed E-state index contributed by atoms with van der Waals surface area (Å²) in [5.74, 6) is -0.798. The van der Waals surface area contributed by atoms with Crippen LogP contribution in [0, 0.1) is 13.8 Å². The second-order valence-electron chi connectivity index (χ2n) is 10.5. The molecule has 0 aliphatic rings. The van der Waals surface area contributed by atoms with Crippen LogP contribution in [0.2, 0.25) is 0 Å². The van der Waals surface area contributed by atoms with E-state index in [4.69, 9.17) is 0 Å². The zero-order chi connectivity index (χ0) is 28.1. The minimum Gasteiger partial charge on any atom is -0.350 e. The van der Waals surface area contributed by atoms with E-state index < -0.39 is 34.1 Å². The number of amides is 2. The van der Waals surface area contributed by atoms with Gasteiger partial charge >= 0.3 is 0 Å². The SMILES string of the molecule is Cc1ccc(N(CC(=O)N(Cc2ccccc2)[C@H](C)C(=O)NC(C)(C)C)S(=O)(=O)c2ccccc2)cc1C. The van der Waals surface area contributed by atoms with Crippen LogP contribution in [0.25, 0.3) is 0 Å². The molecule has 0 aromatic heterocycles. The van der Waals surface area contributed by atoms with E-state index in [0.29, 0.717) is 5.69 Å². The summed E-state index contributed by atoms with van der Waals surface area (Å²) < 4.78 is 28.8. The van der Waals surface area contributed by atoms with Crippen LogP contribution in [0.5, 0.6) is 0 Å². The number of anilines is 1. The minimum atomic E-state index is -4.07. The Balaban J connectivity index is 2.04. The maximum atomic E-state index is 13.9. The third kappa shape index (κ3) is 7.22. The van der Waals surface area contributed by atoms with Crippen LogP contribution in [0.3, 0.4) is 0 Å². The normalized spacial score (nSPS) is 12.5. The number of nitrogens with one attached hydrogen (secondary N) is 1. The molecule has 2 amide bonds. The summed E-state index contributed by atoms with van der Waals surface area (Å²) in [7, 11) is -4.07. The summed E-state index contributed by atoms with van der Waals surface area (Å²) in [4.78, 5) is 28.5. The summed E-state index contributed by atoms with van der Waals surface area (Å²) in [6.07, 6.45) is 0. The van der Waals surface area contributed by atoms with Gasteiger partial charge in [0.05, 0.1) is 10.6 Å². The molecule has 3 aromatic carbocycles. The Bertz CT molecular complexity index is 1370. The van der Waals surface area contributed by atoms with E-state index in [9.17, 15) is 18.0 Å². The first-order valence-electron chi connectivity index (χ1n) is 12.6. The van der Waals surface area contributed by atoms with Crippen molar-refractivity contribution in [1.82, 2.24) is 10.2 Å². The van der Waals surface area contributed by atoms with Gasteiger partial charge in [-0.2, -0.15) is 0 Å². The average molecular weight is 536 g/mol. The topological polar surface area (TPSA) is 86.8 Å². The number of hydrogen-bond acceptors (Lipinski definition) is 4. The van der Waals surface area contributed by atoms with Gasteiger partial charge in [-0.3, -0.25) is 13.9 Å². The summed E-state index contributed by atoms with van der Waals surface area (Å²) >= 11 is 0. The number of nitrogens with zero attached hydrogens (tertiary/aromatic N) is 2. The van der Waals surface area contributed by atoms with Crippen molar-refractivity contribution in [1.29, 1.82) is 0 Å². The minimum absolute atomic E-state index is 0.0826. The van der Waals surface area contributed by atoms with Crippen molar-refractivity contribution in [3.8, 4) is 0 Å². The zero-order valence-corrected chi connectivity index (χ0v) is 23.7. The molecule has 7 nitrogen and oxygen atoms in total. The van der Waals surface area contributed by atoms with Crippen molar-refractivity contribution >= 4 is 27.5 Å². The number of sulfonamides is 1. The Labute approximate surface area is 226 Å². The largest absolute Gasteiger partial charge is 0.350 e. The van der Waals surface area contributed by atoms with Gasteiger partial charge in [0.2, 0.25) is 11.8 Å². The molecular formula is C30H37N3O4S. The molecular weight excluding hydrogens is 498 g/mol. The van der Waals surface area contributed by atoms with E-state index in [0.717, 1.165) is 21.0 Å². The van der Waals surface area contributed by atoms with Gasteiger partial charge < -0.3 is 10.2 Å². The van der Waals surface area contributed by atoms with Crippen LogP contribution in [0.15, 0.2) is 83.8 Å². The van der Waals surface area contributed by atoms with Crippen LogP contribution in [-0.4, -0.2) is 43.3 Å². The molecule has 0 saturated carbocycles. The first-order chi connectivity index (χ1) is 17.8. The zero-order valence-electron chi connectivity index (χ0n) is 22.9. The first-order valence-corrected chi connectivity index (χ1v) is 14.0. The van der Waals surface area contributed by atoms with Gasteiger partial charge in [-0.05, 0) is 82.5 Å². The van der Waals surface area contributed by atoms with Gasteiger partial charge in [-0.25, -0.2) is 8.42 Å². The molecule has 38 heavy (non-hydrogen) atoms. The van der Waals surface area contributed by atoms with E-state index in [1.54, 1.807) is 37.3 Å². The lowest BCUT2D eigenvalue weighted by Crippen LogP contribution is -2.54. The van der Waals surface area contributed by atoms with Crippen molar-refractivity contribution < 1.29 is 18.0 Å². The Morgan fingerprint density at radius 3 is 2.00 bits per heavy atom. The van der Waals surface area contributed by atoms with Crippen molar-refractivity contribution in [2.45, 2.75) is 64.6 Å². The molecule has 1 N–H and O–H groups in total. The highest BCUT2D eigenvalue weighted by Gasteiger charge is 2.33. The summed E-state index contributed by atoms with van der Waals surface area (Å²) in [5, 5.41) is 2.93. The van der Waals surface area contributed by atoms with Crippen molar-refractivity contribution in [2.75, 3.05) is 10.8 Å². The van der Waals surface area contributed by atoms with Crippen LogP contribution in [-0.2, 0) is 26.2 Å². The third-order valence-corrected chi connectivity index (χ3v) is 8.04. The third-order valence-electron chi connectivity index (χ3n) is 6.25. The Hall–Kier alpha value is -3.65. The summed E-state index contributed by atoms with van der Waals surface area (Å²) in [6.45, 7) is 10.8. The van der Waals surface area contributed by atoms with Crippen LogP contribution in [0.1, 0.15) is 44.4 Å². The van der Waals surface area contributed by atoms with E-state index in [1.807, 2.05) is 71.0 Å². The van der Waals surface area contributed by atoms with Crippen LogP contribution < -0.4 is 9.62 Å². The maximum Gasteiger partial charge on any atom is 0.264 e. The number of benzene rings is 3. The van der Waals surface area contributed by atoms with Crippen LogP contribution >= 0.6 is 0 Å². The lowest BCUT2D eigenvalue weighted by atomic mass is 10.1. The molecule has 0 spiro atoms. The Morgan fingerprint density at radius 1 is 0.868 bits per heavy atom. The predicted octanol–water partition coefficient (Wildman–Crippen LogP) is 4.83. The Kier molecular flexibility index (Phi) is 8.99. The summed E-state index contributed by atoms with van der Waals surface area (Å²) in [6, 6.07) is 21.9. The second kappa shape index (κ2) is 11.8. The van der Waals surface area contributed by atoms with Crippen molar-refractivity contribution in [2.24, 2.45) is 0 Å². The monoisotopic (exact) mass is 535 g/mol. The van der Waals surface area contributed by atoms with E-state index >= 15 is 0 Å². The molecule has 0 heterocycles. The molecule has 0 unspecified atom stereocenters. The molecule has 0 aliphatic heterocycles. The van der Waals surface area contributed by atoms with Crippen molar-refractivity contribution in [3.05, 3.63) is 95.6 Å². The van der Waals surface area contributed by atoms with Gasteiger partial charge in [0.1, 0.15) is 12.6 Å². The highest BCUT2D eigenvalue weighted by molar-refractivity contribution is 7.92. The molecule has 3 rings (SSSR count). The molecule has 8 heteroatoms. The van der Waals surface area contributed by atoms with Gasteiger partial charge in [0.15, 0.2) is 0 Å². The molecule has 1 atom stereocenters. The molecule has 3 aromatic rings. The average Bonchev–Trinajstić information content (AvgIpc) is 2.87. The first kappa shape index (κ1) is 28.9. The molecule has 0 bridgehead atoms. The number of aryl methyl sites for hydroxylation is 2. The highest BCUT2D eigenvalue weighted by atomic mass is 32.2. The molecule has 0 aliphatic carbocycles. The Morgan fingerprint density at radius 2 is 1.45 bits per heavy atom. The lowest BCUT2D eigenvalue weighted by molar-refractivity contribution is -0.140. The molecule has 202 valence electrons. The smallest absolute Gasteiger partial charge is 0.264 e. The number of carbonyl (C=O) groups excluding carboxylic acids is 2. The fourth-order valence-corrected chi connectivity index (χ4v) is 5.39. The highest BCUT2D eigenvalue weighted by Crippen LogP contribution is 2.26. The fourth-order valence-electron chi connectivity index (χ4n) is 3.97. The summed E-state index contributed by atoms with van der Waals surface area (Å²) in [5.41, 5.74) is 2.64.